The van der Waals surface area contributed by atoms with Crippen LogP contribution in [0.4, 0.5) is 0 Å². The van der Waals surface area contributed by atoms with Gasteiger partial charge in [0.15, 0.2) is 0 Å². The topological polar surface area (TPSA) is 50.1 Å². The minimum atomic E-state index is -0.651. The van der Waals surface area contributed by atoms with E-state index in [0.29, 0.717) is 6.54 Å². The summed E-state index contributed by atoms with van der Waals surface area (Å²) in [5.74, 6) is 0.249. The monoisotopic (exact) mass is 211 g/mol. The molecule has 0 amide bonds. The second-order valence-corrected chi connectivity index (χ2v) is 4.64. The SMILES string of the molecule is CC(C)C(C)(O)CNCc1cnn(C)c1. The molecule has 4 nitrogen and oxygen atoms in total. The molecular formula is C11H21N3O. The zero-order valence-electron chi connectivity index (χ0n) is 9.99. The minimum absolute atomic E-state index is 0.249. The molecule has 0 aliphatic carbocycles. The van der Waals surface area contributed by atoms with Gasteiger partial charge in [0, 0.05) is 31.9 Å². The van der Waals surface area contributed by atoms with Gasteiger partial charge in [-0.3, -0.25) is 4.68 Å². The second kappa shape index (κ2) is 4.77. The van der Waals surface area contributed by atoms with Crippen molar-refractivity contribution in [2.75, 3.05) is 6.54 Å². The van der Waals surface area contributed by atoms with E-state index in [0.717, 1.165) is 12.1 Å². The summed E-state index contributed by atoms with van der Waals surface area (Å²) in [4.78, 5) is 0. The lowest BCUT2D eigenvalue weighted by atomic mass is 9.92. The fraction of sp³-hybridized carbons (Fsp3) is 0.727. The molecule has 0 aromatic carbocycles. The number of rotatable bonds is 5. The third-order valence-corrected chi connectivity index (χ3v) is 2.81. The first kappa shape index (κ1) is 12.2. The fourth-order valence-electron chi connectivity index (χ4n) is 1.23. The van der Waals surface area contributed by atoms with Crippen molar-refractivity contribution in [2.24, 2.45) is 13.0 Å². The van der Waals surface area contributed by atoms with Crippen molar-refractivity contribution in [3.63, 3.8) is 0 Å². The first-order chi connectivity index (χ1) is 6.92. The highest BCUT2D eigenvalue weighted by atomic mass is 16.3. The highest BCUT2D eigenvalue weighted by Gasteiger charge is 2.23. The molecule has 1 rings (SSSR count). The summed E-state index contributed by atoms with van der Waals surface area (Å²) in [6.07, 6.45) is 3.80. The van der Waals surface area contributed by atoms with Gasteiger partial charge in [-0.1, -0.05) is 13.8 Å². The Labute approximate surface area is 91.3 Å². The van der Waals surface area contributed by atoms with Crippen molar-refractivity contribution >= 4 is 0 Å². The van der Waals surface area contributed by atoms with Crippen LogP contribution >= 0.6 is 0 Å². The van der Waals surface area contributed by atoms with Crippen LogP contribution in [0, 0.1) is 5.92 Å². The van der Waals surface area contributed by atoms with E-state index in [1.54, 1.807) is 4.68 Å². The molecule has 0 saturated heterocycles. The lowest BCUT2D eigenvalue weighted by Gasteiger charge is -2.27. The highest BCUT2D eigenvalue weighted by Crippen LogP contribution is 2.14. The van der Waals surface area contributed by atoms with Crippen LogP contribution in [0.5, 0.6) is 0 Å². The van der Waals surface area contributed by atoms with Gasteiger partial charge in [-0.2, -0.15) is 5.10 Å². The molecule has 4 heteroatoms. The van der Waals surface area contributed by atoms with Gasteiger partial charge in [-0.15, -0.1) is 0 Å². The molecule has 1 aromatic heterocycles. The van der Waals surface area contributed by atoms with Crippen LogP contribution in [0.3, 0.4) is 0 Å². The van der Waals surface area contributed by atoms with Crippen LogP contribution < -0.4 is 5.32 Å². The number of aryl methyl sites for hydroxylation is 1. The summed E-state index contributed by atoms with van der Waals surface area (Å²) in [6.45, 7) is 7.24. The molecule has 0 radical (unpaired) electrons. The van der Waals surface area contributed by atoms with Gasteiger partial charge in [0.05, 0.1) is 11.8 Å². The fourth-order valence-corrected chi connectivity index (χ4v) is 1.23. The minimum Gasteiger partial charge on any atom is -0.389 e. The Hall–Kier alpha value is -0.870. The molecule has 0 bridgehead atoms. The molecule has 1 atom stereocenters. The third kappa shape index (κ3) is 3.64. The Balaban J connectivity index is 2.33. The van der Waals surface area contributed by atoms with Crippen LogP contribution in [0.1, 0.15) is 26.3 Å². The van der Waals surface area contributed by atoms with E-state index in [2.05, 4.69) is 10.4 Å². The summed E-state index contributed by atoms with van der Waals surface area (Å²) in [7, 11) is 1.90. The van der Waals surface area contributed by atoms with E-state index in [9.17, 15) is 5.11 Å². The van der Waals surface area contributed by atoms with Crippen molar-refractivity contribution in [2.45, 2.75) is 32.9 Å². The van der Waals surface area contributed by atoms with Crippen LogP contribution in [-0.4, -0.2) is 27.0 Å². The lowest BCUT2D eigenvalue weighted by Crippen LogP contribution is -2.41. The maximum absolute atomic E-state index is 9.99. The molecule has 1 unspecified atom stereocenters. The van der Waals surface area contributed by atoms with E-state index in [-0.39, 0.29) is 5.92 Å². The van der Waals surface area contributed by atoms with E-state index in [1.807, 2.05) is 40.2 Å². The molecule has 0 aliphatic heterocycles. The summed E-state index contributed by atoms with van der Waals surface area (Å²) >= 11 is 0. The van der Waals surface area contributed by atoms with Crippen LogP contribution in [0.15, 0.2) is 12.4 Å². The number of aliphatic hydroxyl groups is 1. The van der Waals surface area contributed by atoms with Gasteiger partial charge in [-0.05, 0) is 12.8 Å². The van der Waals surface area contributed by atoms with Crippen LogP contribution in [0.25, 0.3) is 0 Å². The molecule has 0 aliphatic rings. The van der Waals surface area contributed by atoms with Crippen molar-refractivity contribution in [1.29, 1.82) is 0 Å². The first-order valence-corrected chi connectivity index (χ1v) is 5.32. The summed E-state index contributed by atoms with van der Waals surface area (Å²) in [5.41, 5.74) is 0.486. The number of hydrogen-bond donors (Lipinski definition) is 2. The van der Waals surface area contributed by atoms with Crippen molar-refractivity contribution in [3.8, 4) is 0 Å². The summed E-state index contributed by atoms with van der Waals surface area (Å²) in [5, 5.41) is 17.3. The number of aromatic nitrogens is 2. The Morgan fingerprint density at radius 2 is 2.27 bits per heavy atom. The van der Waals surface area contributed by atoms with Gasteiger partial charge in [-0.25, -0.2) is 0 Å². The lowest BCUT2D eigenvalue weighted by molar-refractivity contribution is 0.0140. The number of nitrogens with one attached hydrogen (secondary N) is 1. The molecule has 0 spiro atoms. The van der Waals surface area contributed by atoms with Gasteiger partial charge >= 0.3 is 0 Å². The molecular weight excluding hydrogens is 190 g/mol. The standard InChI is InChI=1S/C11H21N3O/c1-9(2)11(3,15)8-12-5-10-6-13-14(4)7-10/h6-7,9,12,15H,5,8H2,1-4H3. The first-order valence-electron chi connectivity index (χ1n) is 5.32. The predicted octanol–water partition coefficient (Wildman–Crippen LogP) is 0.917. The maximum Gasteiger partial charge on any atom is 0.0766 e. The molecule has 0 saturated carbocycles. The quantitative estimate of drug-likeness (QED) is 0.761. The zero-order valence-corrected chi connectivity index (χ0v) is 9.99. The Kier molecular flexibility index (Phi) is 3.88. The average Bonchev–Trinajstić information content (AvgIpc) is 2.51. The van der Waals surface area contributed by atoms with Gasteiger partial charge in [0.1, 0.15) is 0 Å². The smallest absolute Gasteiger partial charge is 0.0766 e. The number of hydrogen-bond acceptors (Lipinski definition) is 3. The average molecular weight is 211 g/mol. The van der Waals surface area contributed by atoms with E-state index < -0.39 is 5.60 Å². The normalized spacial score (nSPS) is 15.6. The van der Waals surface area contributed by atoms with Crippen molar-refractivity contribution in [1.82, 2.24) is 15.1 Å². The van der Waals surface area contributed by atoms with E-state index in [4.69, 9.17) is 0 Å². The molecule has 0 fully saturated rings. The van der Waals surface area contributed by atoms with Gasteiger partial charge in [0.2, 0.25) is 0 Å². The molecule has 2 N–H and O–H groups in total. The second-order valence-electron chi connectivity index (χ2n) is 4.64. The van der Waals surface area contributed by atoms with Crippen LogP contribution in [-0.2, 0) is 13.6 Å². The summed E-state index contributed by atoms with van der Waals surface area (Å²) in [6, 6.07) is 0. The van der Waals surface area contributed by atoms with E-state index >= 15 is 0 Å². The van der Waals surface area contributed by atoms with Crippen molar-refractivity contribution in [3.05, 3.63) is 18.0 Å². The molecule has 15 heavy (non-hydrogen) atoms. The van der Waals surface area contributed by atoms with Crippen molar-refractivity contribution < 1.29 is 5.11 Å². The Bertz CT molecular complexity index is 305. The highest BCUT2D eigenvalue weighted by molar-refractivity contribution is 5.03. The number of nitrogens with zero attached hydrogens (tertiary/aromatic N) is 2. The van der Waals surface area contributed by atoms with Gasteiger partial charge in [0.25, 0.3) is 0 Å². The summed E-state index contributed by atoms with van der Waals surface area (Å²) < 4.78 is 1.78. The van der Waals surface area contributed by atoms with Crippen LogP contribution in [0.2, 0.25) is 0 Å². The third-order valence-electron chi connectivity index (χ3n) is 2.81. The Morgan fingerprint density at radius 1 is 1.60 bits per heavy atom. The Morgan fingerprint density at radius 3 is 2.73 bits per heavy atom. The molecule has 86 valence electrons. The predicted molar refractivity (Wildman–Crippen MR) is 60.4 cm³/mol. The largest absolute Gasteiger partial charge is 0.389 e. The zero-order chi connectivity index (χ0) is 11.5. The van der Waals surface area contributed by atoms with Gasteiger partial charge < -0.3 is 10.4 Å². The van der Waals surface area contributed by atoms with E-state index in [1.165, 1.54) is 0 Å². The molecule has 1 aromatic rings. The maximum atomic E-state index is 9.99. The molecule has 1 heterocycles.